The Morgan fingerprint density at radius 3 is 2.29 bits per heavy atom. The molecule has 2 rings (SSSR count). The molecule has 0 aromatic heterocycles. The van der Waals surface area contributed by atoms with Crippen LogP contribution in [0.1, 0.15) is 32.6 Å². The minimum Gasteiger partial charge on any atom is -0.481 e. The molecule has 1 aliphatic heterocycles. The molecule has 1 saturated heterocycles. The Hall–Kier alpha value is -0.620. The molecule has 0 aromatic rings. The van der Waals surface area contributed by atoms with Gasteiger partial charge in [-0.2, -0.15) is 0 Å². The van der Waals surface area contributed by atoms with E-state index in [1.165, 1.54) is 4.31 Å². The average Bonchev–Trinajstić information content (AvgIpc) is 2.67. The van der Waals surface area contributed by atoms with E-state index in [-0.39, 0.29) is 11.2 Å². The zero-order chi connectivity index (χ0) is 12.6. The summed E-state index contributed by atoms with van der Waals surface area (Å²) in [7, 11) is -3.15. The first-order valence-electron chi connectivity index (χ1n) is 6.14. The third kappa shape index (κ3) is 2.33. The number of carbonyl (C=O) groups is 1. The number of sulfonamides is 1. The van der Waals surface area contributed by atoms with Gasteiger partial charge in [0.2, 0.25) is 10.0 Å². The minimum atomic E-state index is -3.15. The molecule has 1 unspecified atom stereocenters. The molecule has 2 fully saturated rings. The quantitative estimate of drug-likeness (QED) is 0.816. The van der Waals surface area contributed by atoms with Crippen LogP contribution in [-0.2, 0) is 14.8 Å². The number of nitrogens with zero attached hydrogens (tertiary/aromatic N) is 1. The normalized spacial score (nSPS) is 25.7. The van der Waals surface area contributed by atoms with E-state index in [0.29, 0.717) is 13.1 Å². The summed E-state index contributed by atoms with van der Waals surface area (Å²) in [5, 5.41) is 8.63. The van der Waals surface area contributed by atoms with E-state index in [1.807, 2.05) is 0 Å². The molecule has 0 amide bonds. The summed E-state index contributed by atoms with van der Waals surface area (Å²) in [6.45, 7) is 2.41. The summed E-state index contributed by atoms with van der Waals surface area (Å²) in [4.78, 5) is 10.8. The summed E-state index contributed by atoms with van der Waals surface area (Å²) < 4.78 is 25.7. The molecule has 98 valence electrons. The van der Waals surface area contributed by atoms with Crippen molar-refractivity contribution >= 4 is 16.0 Å². The van der Waals surface area contributed by atoms with Gasteiger partial charge in [0.1, 0.15) is 0 Å². The summed E-state index contributed by atoms with van der Waals surface area (Å²) in [5.74, 6) is -1.32. The number of aliphatic carboxylic acids is 1. The predicted octanol–water partition coefficient (Wildman–Crippen LogP) is 0.911. The van der Waals surface area contributed by atoms with E-state index in [2.05, 4.69) is 0 Å². The van der Waals surface area contributed by atoms with Gasteiger partial charge in [0.15, 0.2) is 0 Å². The highest BCUT2D eigenvalue weighted by molar-refractivity contribution is 7.89. The van der Waals surface area contributed by atoms with Crippen LogP contribution in [0.2, 0.25) is 0 Å². The Morgan fingerprint density at radius 2 is 1.82 bits per heavy atom. The molecule has 1 aliphatic carbocycles. The lowest BCUT2D eigenvalue weighted by atomic mass is 9.89. The average molecular weight is 261 g/mol. The number of hydrogen-bond donors (Lipinski definition) is 1. The maximum Gasteiger partial charge on any atom is 0.306 e. The third-order valence-electron chi connectivity index (χ3n) is 4.06. The molecular weight excluding hydrogens is 242 g/mol. The molecular formula is C11H19NO4S. The molecule has 1 heterocycles. The van der Waals surface area contributed by atoms with Crippen LogP contribution >= 0.6 is 0 Å². The largest absolute Gasteiger partial charge is 0.481 e. The number of carboxylic acids is 1. The second-order valence-electron chi connectivity index (χ2n) is 5.16. The molecule has 5 nitrogen and oxygen atoms in total. The van der Waals surface area contributed by atoms with Gasteiger partial charge in [0.25, 0.3) is 0 Å². The van der Waals surface area contributed by atoms with Crippen LogP contribution in [0.3, 0.4) is 0 Å². The van der Waals surface area contributed by atoms with Crippen molar-refractivity contribution in [3.8, 4) is 0 Å². The van der Waals surface area contributed by atoms with Gasteiger partial charge in [-0.1, -0.05) is 19.8 Å². The Bertz CT molecular complexity index is 394. The first-order chi connectivity index (χ1) is 7.93. The van der Waals surface area contributed by atoms with Crippen LogP contribution in [0.5, 0.6) is 0 Å². The van der Waals surface area contributed by atoms with Crippen LogP contribution in [0.25, 0.3) is 0 Å². The molecule has 0 radical (unpaired) electrons. The molecule has 0 spiro atoms. The zero-order valence-electron chi connectivity index (χ0n) is 10.0. The maximum absolute atomic E-state index is 12.1. The fourth-order valence-corrected chi connectivity index (χ4v) is 4.74. The standard InChI is InChI=1S/C11H19NO4S/c1-8(11(13)14)9-6-12(7-9)17(15,16)10-4-2-3-5-10/h8-10H,2-7H2,1H3,(H,13,14). The van der Waals surface area contributed by atoms with Crippen molar-refractivity contribution in [3.63, 3.8) is 0 Å². The van der Waals surface area contributed by atoms with Gasteiger partial charge in [-0.15, -0.1) is 0 Å². The topological polar surface area (TPSA) is 74.7 Å². The molecule has 0 aromatic carbocycles. The molecule has 1 atom stereocenters. The lowest BCUT2D eigenvalue weighted by Crippen LogP contribution is -2.55. The van der Waals surface area contributed by atoms with Crippen LogP contribution in [-0.4, -0.2) is 42.1 Å². The van der Waals surface area contributed by atoms with Gasteiger partial charge in [-0.05, 0) is 18.8 Å². The SMILES string of the molecule is CC(C(=O)O)C1CN(S(=O)(=O)C2CCCC2)C1. The molecule has 17 heavy (non-hydrogen) atoms. The van der Waals surface area contributed by atoms with Gasteiger partial charge < -0.3 is 5.11 Å². The van der Waals surface area contributed by atoms with Gasteiger partial charge in [-0.3, -0.25) is 4.79 Å². The van der Waals surface area contributed by atoms with Crippen LogP contribution in [0.15, 0.2) is 0 Å². The molecule has 2 aliphatic rings. The maximum atomic E-state index is 12.1. The van der Waals surface area contributed by atoms with Crippen molar-refractivity contribution < 1.29 is 18.3 Å². The van der Waals surface area contributed by atoms with Crippen molar-refractivity contribution in [1.29, 1.82) is 0 Å². The van der Waals surface area contributed by atoms with E-state index in [9.17, 15) is 13.2 Å². The zero-order valence-corrected chi connectivity index (χ0v) is 10.8. The summed E-state index contributed by atoms with van der Waals surface area (Å²) in [6, 6.07) is 0. The lowest BCUT2D eigenvalue weighted by Gasteiger charge is -2.41. The molecule has 1 N–H and O–H groups in total. The summed E-state index contributed by atoms with van der Waals surface area (Å²) >= 11 is 0. The van der Waals surface area contributed by atoms with E-state index < -0.39 is 21.9 Å². The smallest absolute Gasteiger partial charge is 0.306 e. The fourth-order valence-electron chi connectivity index (χ4n) is 2.59. The van der Waals surface area contributed by atoms with Gasteiger partial charge >= 0.3 is 5.97 Å². The van der Waals surface area contributed by atoms with Crippen LogP contribution in [0, 0.1) is 11.8 Å². The van der Waals surface area contributed by atoms with Crippen LogP contribution < -0.4 is 0 Å². The monoisotopic (exact) mass is 261 g/mol. The first-order valence-corrected chi connectivity index (χ1v) is 7.65. The Labute approximate surface area is 102 Å². The first kappa shape index (κ1) is 12.8. The van der Waals surface area contributed by atoms with Crippen molar-refractivity contribution in [2.75, 3.05) is 13.1 Å². The number of hydrogen-bond acceptors (Lipinski definition) is 3. The summed E-state index contributed by atoms with van der Waals surface area (Å²) in [5.41, 5.74) is 0. The van der Waals surface area contributed by atoms with Gasteiger partial charge in [-0.25, -0.2) is 12.7 Å². The van der Waals surface area contributed by atoms with E-state index >= 15 is 0 Å². The second kappa shape index (κ2) is 4.57. The van der Waals surface area contributed by atoms with E-state index in [4.69, 9.17) is 5.11 Å². The minimum absolute atomic E-state index is 0.0244. The predicted molar refractivity (Wildman–Crippen MR) is 63.0 cm³/mol. The Morgan fingerprint density at radius 1 is 1.29 bits per heavy atom. The van der Waals surface area contributed by atoms with Gasteiger partial charge in [0.05, 0.1) is 11.2 Å². The van der Waals surface area contributed by atoms with Crippen molar-refractivity contribution in [2.45, 2.75) is 37.9 Å². The van der Waals surface area contributed by atoms with Crippen molar-refractivity contribution in [3.05, 3.63) is 0 Å². The van der Waals surface area contributed by atoms with Crippen molar-refractivity contribution in [1.82, 2.24) is 4.31 Å². The number of rotatable bonds is 4. The summed E-state index contributed by atoms with van der Waals surface area (Å²) in [6.07, 6.45) is 3.51. The number of carboxylic acid groups (broad SMARTS) is 1. The highest BCUT2D eigenvalue weighted by atomic mass is 32.2. The Balaban J connectivity index is 1.92. The van der Waals surface area contributed by atoms with Crippen LogP contribution in [0.4, 0.5) is 0 Å². The highest BCUT2D eigenvalue weighted by Crippen LogP contribution is 2.33. The highest BCUT2D eigenvalue weighted by Gasteiger charge is 2.44. The van der Waals surface area contributed by atoms with E-state index in [0.717, 1.165) is 25.7 Å². The molecule has 6 heteroatoms. The van der Waals surface area contributed by atoms with Crippen molar-refractivity contribution in [2.24, 2.45) is 11.8 Å². The van der Waals surface area contributed by atoms with E-state index in [1.54, 1.807) is 6.92 Å². The molecule has 0 bridgehead atoms. The third-order valence-corrected chi connectivity index (χ3v) is 6.39. The molecule has 1 saturated carbocycles. The lowest BCUT2D eigenvalue weighted by molar-refractivity contribution is -0.144. The Kier molecular flexibility index (Phi) is 3.45. The second-order valence-corrected chi connectivity index (χ2v) is 7.37. The van der Waals surface area contributed by atoms with Gasteiger partial charge in [0, 0.05) is 13.1 Å². The fraction of sp³-hybridized carbons (Fsp3) is 0.909.